The fourth-order valence-electron chi connectivity index (χ4n) is 2.49. The van der Waals surface area contributed by atoms with Gasteiger partial charge in [0.25, 0.3) is 5.91 Å². The highest BCUT2D eigenvalue weighted by atomic mass is 35.5. The van der Waals surface area contributed by atoms with E-state index in [0.717, 1.165) is 25.7 Å². The summed E-state index contributed by atoms with van der Waals surface area (Å²) >= 11 is 5.98. The van der Waals surface area contributed by atoms with Gasteiger partial charge in [0.15, 0.2) is 0 Å². The Hall–Kier alpha value is -1.75. The van der Waals surface area contributed by atoms with Gasteiger partial charge in [0.05, 0.1) is 11.7 Å². The monoisotopic (exact) mass is 325 g/mol. The average Bonchev–Trinajstić information content (AvgIpc) is 2.99. The van der Waals surface area contributed by atoms with Crippen LogP contribution in [0, 0.1) is 0 Å². The van der Waals surface area contributed by atoms with E-state index in [0.29, 0.717) is 16.3 Å². The van der Waals surface area contributed by atoms with Gasteiger partial charge >= 0.3 is 5.97 Å². The fraction of sp³-hybridized carbons (Fsp3) is 0.500. The minimum Gasteiger partial charge on any atom is -0.490 e. The number of likely N-dealkylation sites (N-methyl/N-ethyl adjacent to an activating group) is 1. The molecule has 22 heavy (non-hydrogen) atoms. The van der Waals surface area contributed by atoms with Crippen molar-refractivity contribution in [3.63, 3.8) is 0 Å². The first-order valence-corrected chi connectivity index (χ1v) is 7.74. The molecule has 1 aromatic rings. The van der Waals surface area contributed by atoms with Crippen molar-refractivity contribution in [1.29, 1.82) is 0 Å². The molecule has 1 amide bonds. The van der Waals surface area contributed by atoms with Crippen molar-refractivity contribution < 1.29 is 19.4 Å². The lowest BCUT2D eigenvalue weighted by molar-refractivity contribution is -0.141. The Morgan fingerprint density at radius 1 is 1.36 bits per heavy atom. The van der Waals surface area contributed by atoms with Crippen LogP contribution in [0.15, 0.2) is 18.2 Å². The van der Waals surface area contributed by atoms with E-state index < -0.39 is 17.9 Å². The molecule has 0 aromatic heterocycles. The van der Waals surface area contributed by atoms with Crippen molar-refractivity contribution in [1.82, 2.24) is 4.90 Å². The SMILES string of the molecule is CC(C(=O)O)N(C)C(=O)c1cc(Cl)ccc1OC1CCCC1. The van der Waals surface area contributed by atoms with Crippen LogP contribution < -0.4 is 4.74 Å². The number of hydrogen-bond acceptors (Lipinski definition) is 3. The lowest BCUT2D eigenvalue weighted by atomic mass is 10.1. The fourth-order valence-corrected chi connectivity index (χ4v) is 2.66. The van der Waals surface area contributed by atoms with Crippen LogP contribution in [0.25, 0.3) is 0 Å². The molecule has 1 saturated carbocycles. The second-order valence-corrected chi connectivity index (χ2v) is 6.03. The van der Waals surface area contributed by atoms with Crippen LogP contribution in [0.5, 0.6) is 5.75 Å². The summed E-state index contributed by atoms with van der Waals surface area (Å²) in [5.41, 5.74) is 0.301. The third kappa shape index (κ3) is 3.71. The van der Waals surface area contributed by atoms with Crippen molar-refractivity contribution in [2.45, 2.75) is 44.8 Å². The molecule has 5 nitrogen and oxygen atoms in total. The quantitative estimate of drug-likeness (QED) is 0.902. The van der Waals surface area contributed by atoms with E-state index in [1.165, 1.54) is 24.9 Å². The number of carboxylic acids is 1. The van der Waals surface area contributed by atoms with Gasteiger partial charge in [0.1, 0.15) is 11.8 Å². The topological polar surface area (TPSA) is 66.8 Å². The van der Waals surface area contributed by atoms with E-state index in [4.69, 9.17) is 21.4 Å². The number of aliphatic carboxylic acids is 1. The molecule has 1 N–H and O–H groups in total. The number of hydrogen-bond donors (Lipinski definition) is 1. The first kappa shape index (κ1) is 16.6. The third-order valence-electron chi connectivity index (χ3n) is 4.03. The number of benzene rings is 1. The second-order valence-electron chi connectivity index (χ2n) is 5.60. The Morgan fingerprint density at radius 3 is 2.59 bits per heavy atom. The Kier molecular flexibility index (Phi) is 5.29. The van der Waals surface area contributed by atoms with Crippen LogP contribution in [-0.2, 0) is 4.79 Å². The molecule has 120 valence electrons. The van der Waals surface area contributed by atoms with Crippen LogP contribution >= 0.6 is 11.6 Å². The summed E-state index contributed by atoms with van der Waals surface area (Å²) in [4.78, 5) is 24.8. The Balaban J connectivity index is 2.25. The lowest BCUT2D eigenvalue weighted by Crippen LogP contribution is -2.40. The van der Waals surface area contributed by atoms with Crippen LogP contribution in [0.4, 0.5) is 0 Å². The summed E-state index contributed by atoms with van der Waals surface area (Å²) in [6.45, 7) is 1.46. The Labute approximate surface area is 134 Å². The normalized spacial score (nSPS) is 16.3. The molecule has 1 aliphatic carbocycles. The highest BCUT2D eigenvalue weighted by molar-refractivity contribution is 6.31. The van der Waals surface area contributed by atoms with Gasteiger partial charge in [-0.3, -0.25) is 4.79 Å². The van der Waals surface area contributed by atoms with E-state index in [1.807, 2.05) is 0 Å². The zero-order valence-corrected chi connectivity index (χ0v) is 13.5. The minimum atomic E-state index is -1.06. The summed E-state index contributed by atoms with van der Waals surface area (Å²) in [5.74, 6) is -1.01. The molecule has 1 aliphatic rings. The molecule has 0 aliphatic heterocycles. The molecule has 0 spiro atoms. The molecule has 1 aromatic carbocycles. The molecule has 0 saturated heterocycles. The van der Waals surface area contributed by atoms with Crippen molar-refractivity contribution in [2.75, 3.05) is 7.05 Å². The van der Waals surface area contributed by atoms with Gasteiger partial charge in [-0.25, -0.2) is 4.79 Å². The Bertz CT molecular complexity index is 569. The van der Waals surface area contributed by atoms with Gasteiger partial charge in [-0.05, 0) is 50.8 Å². The summed E-state index contributed by atoms with van der Waals surface area (Å²) in [5, 5.41) is 9.47. The molecule has 1 unspecified atom stereocenters. The number of ether oxygens (including phenoxy) is 1. The summed E-state index contributed by atoms with van der Waals surface area (Å²) in [7, 11) is 1.46. The highest BCUT2D eigenvalue weighted by Gasteiger charge is 2.26. The van der Waals surface area contributed by atoms with Crippen LogP contribution in [-0.4, -0.2) is 41.1 Å². The maximum Gasteiger partial charge on any atom is 0.326 e. The number of carbonyl (C=O) groups is 2. The Morgan fingerprint density at radius 2 is 2.00 bits per heavy atom. The van der Waals surface area contributed by atoms with Crippen LogP contribution in [0.2, 0.25) is 5.02 Å². The van der Waals surface area contributed by atoms with E-state index in [2.05, 4.69) is 0 Å². The molecule has 6 heteroatoms. The van der Waals surface area contributed by atoms with E-state index in [9.17, 15) is 9.59 Å². The van der Waals surface area contributed by atoms with Gasteiger partial charge in [-0.2, -0.15) is 0 Å². The number of carbonyl (C=O) groups excluding carboxylic acids is 1. The first-order valence-electron chi connectivity index (χ1n) is 7.36. The number of halogens is 1. The minimum absolute atomic E-state index is 0.106. The number of rotatable bonds is 5. The van der Waals surface area contributed by atoms with E-state index in [-0.39, 0.29) is 6.10 Å². The molecule has 1 atom stereocenters. The van der Waals surface area contributed by atoms with Gasteiger partial charge in [0.2, 0.25) is 0 Å². The van der Waals surface area contributed by atoms with Crippen molar-refractivity contribution in [2.24, 2.45) is 0 Å². The molecule has 2 rings (SSSR count). The second kappa shape index (κ2) is 7.01. The molecule has 1 fully saturated rings. The predicted octanol–water partition coefficient (Wildman–Crippen LogP) is 3.21. The van der Waals surface area contributed by atoms with Crippen molar-refractivity contribution in [3.8, 4) is 5.75 Å². The highest BCUT2D eigenvalue weighted by Crippen LogP contribution is 2.29. The maximum absolute atomic E-state index is 12.6. The van der Waals surface area contributed by atoms with E-state index >= 15 is 0 Å². The van der Waals surface area contributed by atoms with Crippen molar-refractivity contribution >= 4 is 23.5 Å². The zero-order chi connectivity index (χ0) is 16.3. The third-order valence-corrected chi connectivity index (χ3v) is 4.26. The molecular weight excluding hydrogens is 306 g/mol. The van der Waals surface area contributed by atoms with Gasteiger partial charge in [0, 0.05) is 12.1 Å². The zero-order valence-electron chi connectivity index (χ0n) is 12.7. The molecule has 0 heterocycles. The summed E-state index contributed by atoms with van der Waals surface area (Å²) < 4.78 is 5.92. The largest absolute Gasteiger partial charge is 0.490 e. The first-order chi connectivity index (χ1) is 10.4. The smallest absolute Gasteiger partial charge is 0.326 e. The number of nitrogens with zero attached hydrogens (tertiary/aromatic N) is 1. The molecule has 0 bridgehead atoms. The number of carboxylic acid groups (broad SMARTS) is 1. The maximum atomic E-state index is 12.6. The number of amides is 1. The van der Waals surface area contributed by atoms with Gasteiger partial charge < -0.3 is 14.7 Å². The predicted molar refractivity (Wildman–Crippen MR) is 83.5 cm³/mol. The molecule has 0 radical (unpaired) electrons. The average molecular weight is 326 g/mol. The standard InChI is InChI=1S/C16H20ClNO4/c1-10(16(20)21)18(2)15(19)13-9-11(17)7-8-14(13)22-12-5-3-4-6-12/h7-10,12H,3-6H2,1-2H3,(H,20,21). The van der Waals surface area contributed by atoms with Crippen molar-refractivity contribution in [3.05, 3.63) is 28.8 Å². The molecular formula is C16H20ClNO4. The van der Waals surface area contributed by atoms with Crippen LogP contribution in [0.1, 0.15) is 43.0 Å². The van der Waals surface area contributed by atoms with Crippen LogP contribution in [0.3, 0.4) is 0 Å². The summed E-state index contributed by atoms with van der Waals surface area (Å²) in [6.07, 6.45) is 4.29. The van der Waals surface area contributed by atoms with Gasteiger partial charge in [-0.1, -0.05) is 11.6 Å². The van der Waals surface area contributed by atoms with E-state index in [1.54, 1.807) is 12.1 Å². The lowest BCUT2D eigenvalue weighted by Gasteiger charge is -2.23. The summed E-state index contributed by atoms with van der Waals surface area (Å²) in [6, 6.07) is 3.95. The van der Waals surface area contributed by atoms with Gasteiger partial charge in [-0.15, -0.1) is 0 Å².